The number of amides is 1. The molecule has 94 valence electrons. The summed E-state index contributed by atoms with van der Waals surface area (Å²) in [6.07, 6.45) is 4.63. The van der Waals surface area contributed by atoms with Gasteiger partial charge in [-0.05, 0) is 37.6 Å². The molecular formula is C14H22N2O. The van der Waals surface area contributed by atoms with Gasteiger partial charge in [-0.2, -0.15) is 0 Å². The molecule has 1 rings (SSSR count). The molecule has 0 aliphatic rings. The van der Waals surface area contributed by atoms with Crippen LogP contribution in [0.5, 0.6) is 0 Å². The number of anilines is 1. The van der Waals surface area contributed by atoms with Gasteiger partial charge in [-0.1, -0.05) is 26.2 Å². The predicted molar refractivity (Wildman–Crippen MR) is 71.9 cm³/mol. The van der Waals surface area contributed by atoms with Crippen molar-refractivity contribution in [1.82, 2.24) is 5.32 Å². The Bertz CT molecular complexity index is 346. The van der Waals surface area contributed by atoms with Crippen LogP contribution < -0.4 is 11.1 Å². The quantitative estimate of drug-likeness (QED) is 0.587. The predicted octanol–water partition coefficient (Wildman–Crippen LogP) is 2.97. The molecule has 0 aliphatic heterocycles. The smallest absolute Gasteiger partial charge is 0.251 e. The van der Waals surface area contributed by atoms with Crippen LogP contribution in [0.25, 0.3) is 0 Å². The number of nitrogens with one attached hydrogen (secondary N) is 1. The first-order valence-corrected chi connectivity index (χ1v) is 6.30. The van der Waals surface area contributed by atoms with Crippen LogP contribution in [0.15, 0.2) is 24.3 Å². The van der Waals surface area contributed by atoms with E-state index in [1.807, 2.05) is 6.92 Å². The summed E-state index contributed by atoms with van der Waals surface area (Å²) >= 11 is 0. The minimum atomic E-state index is -0.0194. The van der Waals surface area contributed by atoms with E-state index in [2.05, 4.69) is 12.2 Å². The minimum absolute atomic E-state index is 0.0194. The first-order valence-electron chi connectivity index (χ1n) is 6.30. The molecule has 0 saturated heterocycles. The van der Waals surface area contributed by atoms with E-state index < -0.39 is 0 Å². The Morgan fingerprint density at radius 1 is 1.29 bits per heavy atom. The number of carbonyl (C=O) groups is 1. The average Bonchev–Trinajstić information content (AvgIpc) is 2.30. The summed E-state index contributed by atoms with van der Waals surface area (Å²) in [5, 5.41) is 2.99. The Morgan fingerprint density at radius 3 is 2.53 bits per heavy atom. The van der Waals surface area contributed by atoms with E-state index in [0.717, 1.165) is 6.42 Å². The molecule has 3 N–H and O–H groups in total. The van der Waals surface area contributed by atoms with E-state index in [4.69, 9.17) is 5.73 Å². The molecule has 1 aromatic carbocycles. The highest BCUT2D eigenvalue weighted by Gasteiger charge is 2.08. The maximum Gasteiger partial charge on any atom is 0.251 e. The van der Waals surface area contributed by atoms with Crippen LogP contribution in [-0.4, -0.2) is 11.9 Å². The van der Waals surface area contributed by atoms with Gasteiger partial charge in [0.25, 0.3) is 5.91 Å². The molecule has 0 radical (unpaired) electrons. The molecule has 0 heterocycles. The third-order valence-corrected chi connectivity index (χ3v) is 2.79. The van der Waals surface area contributed by atoms with Gasteiger partial charge in [0.1, 0.15) is 0 Å². The van der Waals surface area contributed by atoms with Crippen molar-refractivity contribution < 1.29 is 4.79 Å². The van der Waals surface area contributed by atoms with Crippen LogP contribution in [0.4, 0.5) is 5.69 Å². The van der Waals surface area contributed by atoms with Crippen LogP contribution >= 0.6 is 0 Å². The zero-order valence-electron chi connectivity index (χ0n) is 10.7. The van der Waals surface area contributed by atoms with Crippen LogP contribution in [0.1, 0.15) is 49.9 Å². The SMILES string of the molecule is CCCCCC(C)NC(=O)c1ccc(N)cc1. The Morgan fingerprint density at radius 2 is 1.94 bits per heavy atom. The number of unbranched alkanes of at least 4 members (excludes halogenated alkanes) is 2. The number of nitrogens with two attached hydrogens (primary N) is 1. The highest BCUT2D eigenvalue weighted by atomic mass is 16.1. The summed E-state index contributed by atoms with van der Waals surface area (Å²) in [6.45, 7) is 4.22. The molecule has 1 amide bonds. The number of rotatable bonds is 6. The molecule has 1 atom stereocenters. The van der Waals surface area contributed by atoms with Gasteiger partial charge in [-0.25, -0.2) is 0 Å². The summed E-state index contributed by atoms with van der Waals surface area (Å²) in [5.41, 5.74) is 6.92. The number of carbonyl (C=O) groups excluding carboxylic acids is 1. The molecule has 0 spiro atoms. The molecule has 0 aliphatic carbocycles. The van der Waals surface area contributed by atoms with Crippen molar-refractivity contribution in [2.24, 2.45) is 0 Å². The Balaban J connectivity index is 2.40. The van der Waals surface area contributed by atoms with Gasteiger partial charge in [0.15, 0.2) is 0 Å². The van der Waals surface area contributed by atoms with E-state index in [1.54, 1.807) is 24.3 Å². The maximum absolute atomic E-state index is 11.8. The van der Waals surface area contributed by atoms with Crippen molar-refractivity contribution in [3.8, 4) is 0 Å². The molecule has 0 saturated carbocycles. The molecule has 17 heavy (non-hydrogen) atoms. The lowest BCUT2D eigenvalue weighted by molar-refractivity contribution is 0.0938. The van der Waals surface area contributed by atoms with E-state index >= 15 is 0 Å². The summed E-state index contributed by atoms with van der Waals surface area (Å²) in [4.78, 5) is 11.8. The van der Waals surface area contributed by atoms with Crippen LogP contribution in [-0.2, 0) is 0 Å². The van der Waals surface area contributed by atoms with Gasteiger partial charge in [0.2, 0.25) is 0 Å². The Labute approximate surface area is 103 Å². The molecule has 3 nitrogen and oxygen atoms in total. The number of benzene rings is 1. The van der Waals surface area contributed by atoms with Gasteiger partial charge in [0, 0.05) is 17.3 Å². The summed E-state index contributed by atoms with van der Waals surface area (Å²) < 4.78 is 0. The lowest BCUT2D eigenvalue weighted by Crippen LogP contribution is -2.32. The van der Waals surface area contributed by atoms with Crippen LogP contribution in [0.3, 0.4) is 0 Å². The molecule has 1 aromatic rings. The first kappa shape index (κ1) is 13.6. The van der Waals surface area contributed by atoms with Crippen molar-refractivity contribution in [2.75, 3.05) is 5.73 Å². The highest BCUT2D eigenvalue weighted by Crippen LogP contribution is 2.07. The summed E-state index contributed by atoms with van der Waals surface area (Å²) in [6, 6.07) is 7.23. The van der Waals surface area contributed by atoms with Gasteiger partial charge in [-0.15, -0.1) is 0 Å². The molecular weight excluding hydrogens is 212 g/mol. The normalized spacial score (nSPS) is 12.1. The van der Waals surface area contributed by atoms with Crippen molar-refractivity contribution >= 4 is 11.6 Å². The summed E-state index contributed by atoms with van der Waals surface area (Å²) in [7, 11) is 0. The lowest BCUT2D eigenvalue weighted by Gasteiger charge is -2.13. The van der Waals surface area contributed by atoms with E-state index in [1.165, 1.54) is 19.3 Å². The van der Waals surface area contributed by atoms with E-state index in [-0.39, 0.29) is 11.9 Å². The van der Waals surface area contributed by atoms with Crippen molar-refractivity contribution in [3.63, 3.8) is 0 Å². The van der Waals surface area contributed by atoms with Crippen LogP contribution in [0, 0.1) is 0 Å². The third-order valence-electron chi connectivity index (χ3n) is 2.79. The van der Waals surface area contributed by atoms with Gasteiger partial charge >= 0.3 is 0 Å². The zero-order valence-corrected chi connectivity index (χ0v) is 10.7. The largest absolute Gasteiger partial charge is 0.399 e. The van der Waals surface area contributed by atoms with Crippen molar-refractivity contribution in [3.05, 3.63) is 29.8 Å². The Hall–Kier alpha value is -1.51. The van der Waals surface area contributed by atoms with Crippen LogP contribution in [0.2, 0.25) is 0 Å². The monoisotopic (exact) mass is 234 g/mol. The Kier molecular flexibility index (Phi) is 5.53. The average molecular weight is 234 g/mol. The second kappa shape index (κ2) is 6.94. The molecule has 0 aromatic heterocycles. The topological polar surface area (TPSA) is 55.1 Å². The van der Waals surface area contributed by atoms with Crippen molar-refractivity contribution in [2.45, 2.75) is 45.6 Å². The van der Waals surface area contributed by atoms with E-state index in [0.29, 0.717) is 11.3 Å². The summed E-state index contributed by atoms with van der Waals surface area (Å²) in [5.74, 6) is -0.0194. The van der Waals surface area contributed by atoms with Gasteiger partial charge in [0.05, 0.1) is 0 Å². The fourth-order valence-electron chi connectivity index (χ4n) is 1.71. The maximum atomic E-state index is 11.8. The molecule has 0 bridgehead atoms. The first-order chi connectivity index (χ1) is 8.13. The fourth-order valence-corrected chi connectivity index (χ4v) is 1.71. The third kappa shape index (κ3) is 4.89. The number of hydrogen-bond acceptors (Lipinski definition) is 2. The minimum Gasteiger partial charge on any atom is -0.399 e. The highest BCUT2D eigenvalue weighted by molar-refractivity contribution is 5.94. The number of nitrogen functional groups attached to an aromatic ring is 1. The van der Waals surface area contributed by atoms with Gasteiger partial charge < -0.3 is 11.1 Å². The lowest BCUT2D eigenvalue weighted by atomic mass is 10.1. The fraction of sp³-hybridized carbons (Fsp3) is 0.500. The van der Waals surface area contributed by atoms with Crippen molar-refractivity contribution in [1.29, 1.82) is 0 Å². The van der Waals surface area contributed by atoms with Gasteiger partial charge in [-0.3, -0.25) is 4.79 Å². The zero-order chi connectivity index (χ0) is 12.7. The standard InChI is InChI=1S/C14H22N2O/c1-3-4-5-6-11(2)16-14(17)12-7-9-13(15)10-8-12/h7-11H,3-6,15H2,1-2H3,(H,16,17). The molecule has 3 heteroatoms. The molecule has 1 unspecified atom stereocenters. The number of hydrogen-bond donors (Lipinski definition) is 2. The van der Waals surface area contributed by atoms with E-state index in [9.17, 15) is 4.79 Å². The second-order valence-corrected chi connectivity index (χ2v) is 4.49. The second-order valence-electron chi connectivity index (χ2n) is 4.49. The molecule has 0 fully saturated rings.